The molecule has 23 heteroatoms. The zero-order valence-corrected chi connectivity index (χ0v) is 24.9. The van der Waals surface area contributed by atoms with Crippen molar-refractivity contribution in [3.05, 3.63) is 45.5 Å². The molecule has 19 nitrogen and oxygen atoms in total. The number of ether oxygens (including phenoxy) is 2. The van der Waals surface area contributed by atoms with Gasteiger partial charge in [-0.3, -0.25) is 23.2 Å². The van der Waals surface area contributed by atoms with E-state index in [0.717, 1.165) is 17.2 Å². The third kappa shape index (κ3) is 5.29. The number of aromatic nitrogens is 8. The molecule has 0 radical (unpaired) electrons. The number of H-pyrrole nitrogens is 2. The summed E-state index contributed by atoms with van der Waals surface area (Å²) in [5.41, 5.74) is -1.03. The van der Waals surface area contributed by atoms with Crippen molar-refractivity contribution < 1.29 is 40.4 Å². The van der Waals surface area contributed by atoms with E-state index in [4.69, 9.17) is 34.5 Å². The Balaban J connectivity index is 1.19. The van der Waals surface area contributed by atoms with Crippen LogP contribution in [0, 0.1) is 6.92 Å². The van der Waals surface area contributed by atoms with Crippen molar-refractivity contribution in [2.75, 3.05) is 13.2 Å². The number of nitrogens with one attached hydrogen (secondary N) is 3. The van der Waals surface area contributed by atoms with Crippen molar-refractivity contribution in [2.24, 2.45) is 0 Å². The fourth-order valence-corrected chi connectivity index (χ4v) is 7.77. The Labute approximate surface area is 250 Å². The van der Waals surface area contributed by atoms with Crippen LogP contribution < -0.4 is 15.8 Å². The number of hydrogen-bond acceptors (Lipinski definition) is 14. The largest absolute Gasteiger partial charge is 0.349 e. The van der Waals surface area contributed by atoms with Gasteiger partial charge in [0.05, 0.1) is 31.7 Å². The summed E-state index contributed by atoms with van der Waals surface area (Å²) in [7, 11) is -4.55. The molecular weight excluding hydrogens is 652 g/mol. The summed E-state index contributed by atoms with van der Waals surface area (Å²) in [5, 5.41) is 0. The van der Waals surface area contributed by atoms with Gasteiger partial charge in [-0.15, -0.1) is 0 Å². The van der Waals surface area contributed by atoms with Crippen molar-refractivity contribution in [1.29, 1.82) is 0 Å². The van der Waals surface area contributed by atoms with Gasteiger partial charge >= 0.3 is 17.0 Å². The third-order valence-corrected chi connectivity index (χ3v) is 9.85. The highest BCUT2D eigenvalue weighted by atomic mass is 32.5. The van der Waals surface area contributed by atoms with E-state index in [-0.39, 0.29) is 41.2 Å². The van der Waals surface area contributed by atoms with Crippen molar-refractivity contribution in [2.45, 2.75) is 56.4 Å². The molecule has 44 heavy (non-hydrogen) atoms. The fourth-order valence-electron chi connectivity index (χ4n) is 5.38. The molecule has 0 aliphatic carbocycles. The van der Waals surface area contributed by atoms with Crippen LogP contribution >= 0.6 is 6.72 Å². The second kappa shape index (κ2) is 10.8. The van der Waals surface area contributed by atoms with Gasteiger partial charge in [0.2, 0.25) is 0 Å². The Kier molecular flexibility index (Phi) is 7.27. The topological polar surface area (TPSA) is 240 Å². The van der Waals surface area contributed by atoms with Crippen LogP contribution in [-0.2, 0) is 44.8 Å². The van der Waals surface area contributed by atoms with E-state index in [1.54, 1.807) is 6.92 Å². The Hall–Kier alpha value is -3.05. The van der Waals surface area contributed by atoms with Crippen LogP contribution in [0.15, 0.2) is 28.6 Å². The van der Waals surface area contributed by atoms with Gasteiger partial charge in [0.25, 0.3) is 11.1 Å². The predicted octanol–water partition coefficient (Wildman–Crippen LogP) is -1.06. The second-order valence-corrected chi connectivity index (χ2v) is 14.4. The molecule has 2 bridgehead atoms. The van der Waals surface area contributed by atoms with Crippen LogP contribution in [0.3, 0.4) is 0 Å². The molecule has 4 aromatic rings. The van der Waals surface area contributed by atoms with E-state index in [0.29, 0.717) is 0 Å². The molecule has 4 aromatic heterocycles. The highest BCUT2D eigenvalue weighted by Crippen LogP contribution is 2.50. The molecule has 1 unspecified atom stereocenters. The summed E-state index contributed by atoms with van der Waals surface area (Å²) in [4.78, 5) is 56.6. The monoisotopic (exact) mass is 675 g/mol. The molecule has 7 rings (SSSR count). The van der Waals surface area contributed by atoms with Crippen LogP contribution in [0.25, 0.3) is 22.3 Å². The van der Waals surface area contributed by atoms with Gasteiger partial charge in [0.15, 0.2) is 41.0 Å². The smallest absolute Gasteiger partial charge is 0.336 e. The number of alkyl halides is 1. The molecule has 0 spiro atoms. The summed E-state index contributed by atoms with van der Waals surface area (Å²) >= 11 is 5.16. The maximum Gasteiger partial charge on any atom is 0.336 e. The summed E-state index contributed by atoms with van der Waals surface area (Å²) in [6, 6.07) is 0. The average molecular weight is 676 g/mol. The van der Waals surface area contributed by atoms with Gasteiger partial charge in [-0.25, -0.2) is 28.5 Å². The highest BCUT2D eigenvalue weighted by Gasteiger charge is 2.51. The summed E-state index contributed by atoms with van der Waals surface area (Å²) in [6.45, 7) is -3.57. The highest BCUT2D eigenvalue weighted by molar-refractivity contribution is 8.07. The Morgan fingerprint density at radius 2 is 1.80 bits per heavy atom. The van der Waals surface area contributed by atoms with Gasteiger partial charge < -0.3 is 28.9 Å². The third-order valence-electron chi connectivity index (χ3n) is 7.27. The van der Waals surface area contributed by atoms with Crippen molar-refractivity contribution in [1.82, 2.24) is 43.8 Å². The van der Waals surface area contributed by atoms with E-state index >= 15 is 4.39 Å². The number of aromatic amines is 2. The maximum absolute atomic E-state index is 15.9. The van der Waals surface area contributed by atoms with Crippen LogP contribution in [0.5, 0.6) is 0 Å². The van der Waals surface area contributed by atoms with Gasteiger partial charge in [-0.1, -0.05) is 0 Å². The Morgan fingerprint density at radius 3 is 2.57 bits per heavy atom. The lowest BCUT2D eigenvalue weighted by Gasteiger charge is -2.26. The molecule has 3 saturated heterocycles. The Morgan fingerprint density at radius 1 is 1.07 bits per heavy atom. The molecule has 0 amide bonds. The molecule has 7 heterocycles. The normalized spacial score (nSPS) is 34.4. The zero-order valence-electron chi connectivity index (χ0n) is 22.3. The molecule has 3 aliphatic rings. The first-order chi connectivity index (χ1) is 20.9. The average Bonchev–Trinajstić information content (AvgIpc) is 3.72. The summed E-state index contributed by atoms with van der Waals surface area (Å²) in [5.74, 6) is 0.288. The number of hydrogen-bond donors (Lipinski definition) is 4. The molecule has 0 aromatic carbocycles. The van der Waals surface area contributed by atoms with Crippen molar-refractivity contribution >= 4 is 51.2 Å². The van der Waals surface area contributed by atoms with E-state index in [1.807, 2.05) is 0 Å². The minimum absolute atomic E-state index is 0.00229. The zero-order chi connectivity index (χ0) is 31.0. The first kappa shape index (κ1) is 29.6. The second-order valence-electron chi connectivity index (χ2n) is 10.2. The van der Waals surface area contributed by atoms with Gasteiger partial charge in [-0.05, 0) is 18.7 Å². The van der Waals surface area contributed by atoms with E-state index < -0.39 is 77.7 Å². The van der Waals surface area contributed by atoms with Crippen LogP contribution in [0.2, 0.25) is 0 Å². The standard InChI is InChI=1S/C21H23FN9O10PS2/c1-8-28-17-14(19(33)29-8)26-7-31(17)20-10-2-9(38-20)4-37-42(34,43)40-15-11(3-27-44(35,36)41-10)39-21(12(15)22)30-6-25-13-16(30)23-5-24-18(13)32/h5-7,9-12,15,20-21,27H,2-4H2,1H3,(H,34,43)(H,23,24,32)(H,28,29,33)/t9-,10+,11+,12+,15+,20+,21+,42?/m0/s1. The number of halogens is 1. The number of nitrogens with zero attached hydrogens (tertiary/aromatic N) is 6. The number of imidazole rings is 2. The van der Waals surface area contributed by atoms with E-state index in [2.05, 4.69) is 34.6 Å². The lowest BCUT2D eigenvalue weighted by atomic mass is 10.1. The maximum atomic E-state index is 15.9. The first-order valence-corrected chi connectivity index (χ1v) is 17.0. The van der Waals surface area contributed by atoms with Crippen LogP contribution in [0.4, 0.5) is 4.39 Å². The lowest BCUT2D eigenvalue weighted by Crippen LogP contribution is -2.42. The Bertz CT molecular complexity index is 2040. The first-order valence-electron chi connectivity index (χ1n) is 13.0. The lowest BCUT2D eigenvalue weighted by molar-refractivity contribution is -0.0454. The molecule has 8 atom stereocenters. The number of fused-ring (bicyclic) bond motifs is 5. The molecule has 3 fully saturated rings. The molecule has 0 saturated carbocycles. The SMILES string of the molecule is Cc1nc2c(ncn2[C@@H]2O[C@@H]3COP(O)(=S)O[C@H]4[C@@H](F)[C@H](n5cnc6c(=O)[nH]cnc65)O[C@@H]4CNS(=O)(=O)O[C@@H]2C3)c(=O)[nH]1. The van der Waals surface area contributed by atoms with Crippen LogP contribution in [-0.4, -0.2) is 96.1 Å². The molecule has 4 N–H and O–H groups in total. The van der Waals surface area contributed by atoms with Gasteiger partial charge in [0.1, 0.15) is 24.1 Å². The summed E-state index contributed by atoms with van der Waals surface area (Å²) in [6.07, 6.45) is -6.26. The van der Waals surface area contributed by atoms with Crippen molar-refractivity contribution in [3.8, 4) is 0 Å². The minimum Gasteiger partial charge on any atom is -0.349 e. The quantitative estimate of drug-likeness (QED) is 0.185. The van der Waals surface area contributed by atoms with E-state index in [9.17, 15) is 22.9 Å². The number of rotatable bonds is 2. The molecule has 236 valence electrons. The van der Waals surface area contributed by atoms with Crippen molar-refractivity contribution in [3.63, 3.8) is 0 Å². The van der Waals surface area contributed by atoms with Gasteiger partial charge in [0, 0.05) is 13.0 Å². The minimum atomic E-state index is -4.55. The fraction of sp³-hybridized carbons (Fsp3) is 0.524. The summed E-state index contributed by atoms with van der Waals surface area (Å²) < 4.78 is 75.3. The van der Waals surface area contributed by atoms with E-state index in [1.165, 1.54) is 10.9 Å². The predicted molar refractivity (Wildman–Crippen MR) is 147 cm³/mol. The number of aryl methyl sites for hydroxylation is 1. The molecular formula is C21H23FN9O10PS2. The van der Waals surface area contributed by atoms with Crippen LogP contribution in [0.1, 0.15) is 24.7 Å². The molecule has 3 aliphatic heterocycles. The van der Waals surface area contributed by atoms with Gasteiger partial charge in [-0.2, -0.15) is 13.1 Å².